The van der Waals surface area contributed by atoms with E-state index in [0.717, 1.165) is 30.0 Å². The van der Waals surface area contributed by atoms with Gasteiger partial charge in [-0.2, -0.15) is 30.7 Å². The highest BCUT2D eigenvalue weighted by Gasteiger charge is 2.65. The molecule has 2 aromatic carbocycles. The first-order valence-corrected chi connectivity index (χ1v) is 31.5. The molecule has 62 heavy (non-hydrogen) atoms. The van der Waals surface area contributed by atoms with Crippen molar-refractivity contribution in [2.45, 2.75) is 121 Å². The van der Waals surface area contributed by atoms with Gasteiger partial charge in [0.1, 0.15) is 0 Å². The van der Waals surface area contributed by atoms with Crippen LogP contribution >= 0.6 is 0 Å². The van der Waals surface area contributed by atoms with Gasteiger partial charge in [-0.15, -0.1) is 13.2 Å². The van der Waals surface area contributed by atoms with E-state index in [-0.39, 0.29) is 25.7 Å². The molecule has 2 rings (SSSR count). The van der Waals surface area contributed by atoms with Crippen molar-refractivity contribution in [3.8, 4) is 0 Å². The average Bonchev–Trinajstić information content (AvgIpc) is 3.11. The third-order valence-electron chi connectivity index (χ3n) is 9.01. The van der Waals surface area contributed by atoms with Crippen molar-refractivity contribution >= 4 is 66.3 Å². The lowest BCUT2D eigenvalue weighted by Crippen LogP contribution is -2.56. The largest absolute Gasteiger partial charge is 0.522 e. The molecule has 1 unspecified atom stereocenters. The molecule has 0 bridgehead atoms. The number of ether oxygens (including phenoxy) is 2. The van der Waals surface area contributed by atoms with Crippen LogP contribution in [0.15, 0.2) is 48.5 Å². The van der Waals surface area contributed by atoms with Gasteiger partial charge in [0.2, 0.25) is 5.91 Å². The van der Waals surface area contributed by atoms with Gasteiger partial charge < -0.3 is 19.4 Å². The Kier molecular flexibility index (Phi) is 24.2. The quantitative estimate of drug-likeness (QED) is 0.0931. The zero-order valence-corrected chi connectivity index (χ0v) is 39.9. The van der Waals surface area contributed by atoms with Crippen LogP contribution in [-0.2, 0) is 19.1 Å². The maximum atomic E-state index is 14.2. The Morgan fingerprint density at radius 3 is 1.50 bits per heavy atom. The number of halogens is 12. The average molecular weight is 983 g/mol. The van der Waals surface area contributed by atoms with Crippen molar-refractivity contribution in [3.05, 3.63) is 48.5 Å². The van der Waals surface area contributed by atoms with Crippen molar-refractivity contribution in [3.63, 3.8) is 0 Å². The number of nitrogens with zero attached hydrogens (tertiary/aromatic N) is 2. The van der Waals surface area contributed by atoms with E-state index < -0.39 is 76.7 Å². The summed E-state index contributed by atoms with van der Waals surface area (Å²) in [5.74, 6) is -6.82. The maximum absolute atomic E-state index is 14.2. The molecule has 2 N–H and O–H groups in total. The van der Waals surface area contributed by atoms with Crippen LogP contribution in [0.2, 0.25) is 70.1 Å². The fraction of sp³-hybridized carbons (Fsp3) is 0.632. The van der Waals surface area contributed by atoms with Crippen molar-refractivity contribution in [2.24, 2.45) is 0 Å². The highest BCUT2D eigenvalue weighted by molar-refractivity contribution is 6.99. The Bertz CT molecular complexity index is 1660. The zero-order valence-electron chi connectivity index (χ0n) is 35.9. The molecule has 0 aliphatic rings. The predicted molar refractivity (Wildman–Crippen MR) is 229 cm³/mol. The number of hydrogen-bond acceptors (Lipinski definition) is 6. The van der Waals surface area contributed by atoms with E-state index in [1.807, 2.05) is 38.3 Å². The van der Waals surface area contributed by atoms with Crippen molar-refractivity contribution in [1.29, 1.82) is 0 Å². The third kappa shape index (κ3) is 22.7. The molecular formula is C38H62F12N2O6Si4. The topological polar surface area (TPSA) is 99.5 Å². The summed E-state index contributed by atoms with van der Waals surface area (Å²) in [6.07, 6.45) is -14.5. The van der Waals surface area contributed by atoms with E-state index in [2.05, 4.69) is 34.7 Å². The maximum Gasteiger partial charge on any atom is 0.522 e. The Labute approximate surface area is 360 Å². The molecule has 0 spiro atoms. The molecule has 1 atom stereocenters. The fourth-order valence-electron chi connectivity index (χ4n) is 5.74. The number of hydrogen-bond donors (Lipinski definition) is 2. The van der Waals surface area contributed by atoms with Gasteiger partial charge >= 0.3 is 30.5 Å². The van der Waals surface area contributed by atoms with Crippen LogP contribution in [0.4, 0.5) is 64.1 Å². The summed E-state index contributed by atoms with van der Waals surface area (Å²) in [7, 11) is -5.48. The van der Waals surface area contributed by atoms with Crippen LogP contribution in [0, 0.1) is 0 Å². The normalized spacial score (nSPS) is 13.7. The monoisotopic (exact) mass is 982 g/mol. The van der Waals surface area contributed by atoms with Gasteiger partial charge in [0.15, 0.2) is 30.1 Å². The number of anilines is 2. The fourth-order valence-corrected chi connectivity index (χ4v) is 22.6. The van der Waals surface area contributed by atoms with Crippen molar-refractivity contribution in [1.82, 2.24) is 0 Å². The molecule has 0 aliphatic carbocycles. The van der Waals surface area contributed by atoms with Crippen molar-refractivity contribution < 1.29 is 81.3 Å². The molecule has 24 heteroatoms. The highest BCUT2D eigenvalue weighted by atomic mass is 28.4. The summed E-state index contributed by atoms with van der Waals surface area (Å²) >= 11 is 0. The van der Waals surface area contributed by atoms with Gasteiger partial charge in [0, 0.05) is 31.9 Å². The first-order chi connectivity index (χ1) is 27.3. The smallest absolute Gasteiger partial charge is 0.433 e. The molecule has 2 aromatic rings. The molecule has 0 heterocycles. The summed E-state index contributed by atoms with van der Waals surface area (Å²) in [4.78, 5) is 46.8. The summed E-state index contributed by atoms with van der Waals surface area (Å²) in [5.41, 5.74) is 1.52. The Balaban J connectivity index is 0. The van der Waals surface area contributed by atoms with E-state index in [1.165, 1.54) is 17.3 Å². The minimum Gasteiger partial charge on any atom is -0.433 e. The van der Waals surface area contributed by atoms with Crippen LogP contribution in [-0.4, -0.2) is 113 Å². The van der Waals surface area contributed by atoms with E-state index in [9.17, 15) is 71.9 Å². The Morgan fingerprint density at radius 2 is 1.13 bits per heavy atom. The van der Waals surface area contributed by atoms with Crippen LogP contribution in [0.1, 0.15) is 26.7 Å². The summed E-state index contributed by atoms with van der Waals surface area (Å²) in [6, 6.07) is 16.3. The molecule has 0 saturated heterocycles. The second kappa shape index (κ2) is 24.5. The van der Waals surface area contributed by atoms with E-state index in [1.54, 1.807) is 37.2 Å². The van der Waals surface area contributed by atoms with Gasteiger partial charge in [-0.25, -0.2) is 4.39 Å². The third-order valence-corrected chi connectivity index (χ3v) is 23.2. The molecule has 0 radical (unpaired) electrons. The second-order valence-corrected chi connectivity index (χ2v) is 35.2. The summed E-state index contributed by atoms with van der Waals surface area (Å²) in [6.45, 7) is 11.4. The highest BCUT2D eigenvalue weighted by Crippen LogP contribution is 2.37. The SMILES string of the molecule is C.CN(C(=O)C(F)(OCF)C(F)(F)F)c1cccc([Si](C)(C)C[Si](C)(C)O)c1.CN(C(=O)CCCCF)c1cccc([Si](C)(C)CC[Si](C)(C)O)c1.FC(F)(F)COC(F)(F)F. The van der Waals surface area contributed by atoms with Crippen LogP contribution in [0.5, 0.6) is 0 Å². The van der Waals surface area contributed by atoms with E-state index in [0.29, 0.717) is 29.8 Å². The molecule has 2 amide bonds. The Hall–Kier alpha value is -2.75. The van der Waals surface area contributed by atoms with E-state index in [4.69, 9.17) is 0 Å². The standard InChI is InChI=1S/C18H32FNO2Si2.C16H24F5NO3Si2.C3H2F6O.CH4/c1-20(18(21)11-6-7-12-19)16-9-8-10-17(15-16)23(2,3)13-14-24(4,5)22;1-22(14(23)15(18,25-10-17)16(19,20)21)12-7-6-8-13(9-12)26(2,3)11-27(4,5)24;4-2(5,6)1-10-3(7,8)9;/h8-10,15,22H,6-7,11-14H2,1-5H3;6-9,24H,10-11H2,1-5H3;1H2;1H4. The number of likely N-dealkylation sites (N-methyl/N-ethyl adjacent to an activating group) is 1. The van der Waals surface area contributed by atoms with Gasteiger partial charge in [0.25, 0.3) is 0 Å². The van der Waals surface area contributed by atoms with E-state index >= 15 is 0 Å². The first-order valence-electron chi connectivity index (χ1n) is 18.8. The summed E-state index contributed by atoms with van der Waals surface area (Å²) in [5, 5.41) is 2.10. The molecule has 0 saturated carbocycles. The first kappa shape index (κ1) is 61.3. The van der Waals surface area contributed by atoms with Crippen LogP contribution in [0.25, 0.3) is 0 Å². The number of carbonyl (C=O) groups is 2. The van der Waals surface area contributed by atoms with Gasteiger partial charge in [-0.3, -0.25) is 23.5 Å². The second-order valence-electron chi connectivity index (χ2n) is 16.8. The molecule has 0 fully saturated rings. The zero-order chi connectivity index (χ0) is 48.1. The molecule has 0 aromatic heterocycles. The van der Waals surface area contributed by atoms with Crippen LogP contribution < -0.4 is 20.2 Å². The Morgan fingerprint density at radius 1 is 0.661 bits per heavy atom. The minimum atomic E-state index is -5.73. The lowest BCUT2D eigenvalue weighted by Gasteiger charge is -2.31. The number of unbranched alkanes of at least 4 members (excludes halogenated alkanes) is 1. The molecule has 360 valence electrons. The van der Waals surface area contributed by atoms with Gasteiger partial charge in [-0.05, 0) is 75.0 Å². The van der Waals surface area contributed by atoms with Gasteiger partial charge in [-0.1, -0.05) is 74.3 Å². The summed E-state index contributed by atoms with van der Waals surface area (Å²) < 4.78 is 149. The van der Waals surface area contributed by atoms with Crippen molar-refractivity contribution in [2.75, 3.05) is 44.0 Å². The van der Waals surface area contributed by atoms with Gasteiger partial charge in [0.05, 0.1) is 22.8 Å². The molecule has 0 aliphatic heterocycles. The lowest BCUT2D eigenvalue weighted by molar-refractivity contribution is -0.352. The number of carbonyl (C=O) groups excluding carboxylic acids is 2. The number of rotatable bonds is 17. The number of alkyl halides is 12. The predicted octanol–water partition coefficient (Wildman–Crippen LogP) is 10.1. The minimum absolute atomic E-state index is 0. The molecule has 8 nitrogen and oxygen atoms in total. The number of amides is 2. The molecular weight excluding hydrogens is 921 g/mol. The van der Waals surface area contributed by atoms with Crippen LogP contribution in [0.3, 0.4) is 0 Å². The lowest BCUT2D eigenvalue weighted by atomic mass is 10.2. The number of benzene rings is 2.